The first-order valence-corrected chi connectivity index (χ1v) is 8.16. The van der Waals surface area contributed by atoms with Crippen LogP contribution in [0.2, 0.25) is 0 Å². The van der Waals surface area contributed by atoms with Gasteiger partial charge in [-0.1, -0.05) is 18.2 Å². The fourth-order valence-corrected chi connectivity index (χ4v) is 2.54. The zero-order chi connectivity index (χ0) is 18.5. The summed E-state index contributed by atoms with van der Waals surface area (Å²) in [5.74, 6) is 0.154. The molecule has 0 aliphatic rings. The van der Waals surface area contributed by atoms with Crippen LogP contribution in [-0.2, 0) is 6.54 Å². The Morgan fingerprint density at radius 3 is 2.50 bits per heavy atom. The van der Waals surface area contributed by atoms with E-state index in [1.54, 1.807) is 24.3 Å². The van der Waals surface area contributed by atoms with Gasteiger partial charge < -0.3 is 15.6 Å². The normalized spacial score (nSPS) is 10.4. The second-order valence-corrected chi connectivity index (χ2v) is 5.92. The van der Waals surface area contributed by atoms with Gasteiger partial charge in [-0.05, 0) is 49.7 Å². The molecule has 0 radical (unpaired) electrons. The molecule has 3 aromatic rings. The van der Waals surface area contributed by atoms with E-state index in [4.69, 9.17) is 0 Å². The van der Waals surface area contributed by atoms with Gasteiger partial charge in [-0.2, -0.15) is 0 Å². The number of hydrogen-bond donors (Lipinski definition) is 3. The van der Waals surface area contributed by atoms with Crippen molar-refractivity contribution in [3.63, 3.8) is 0 Å². The summed E-state index contributed by atoms with van der Waals surface area (Å²) in [4.78, 5) is 26.9. The Bertz CT molecular complexity index is 965. The van der Waals surface area contributed by atoms with Crippen molar-refractivity contribution >= 4 is 17.4 Å². The molecule has 2 heterocycles. The van der Waals surface area contributed by atoms with Crippen molar-refractivity contribution in [1.29, 1.82) is 0 Å². The van der Waals surface area contributed by atoms with Gasteiger partial charge in [0, 0.05) is 23.5 Å². The van der Waals surface area contributed by atoms with Gasteiger partial charge in [0.25, 0.3) is 11.5 Å². The number of nitrogens with zero attached hydrogens (tertiary/aromatic N) is 2. The number of aryl methyl sites for hydroxylation is 2. The van der Waals surface area contributed by atoms with Gasteiger partial charge >= 0.3 is 0 Å². The SMILES string of the molecule is Cc1cc(C)c(CNc2ccc(C(=O)Nc3ccccc3)nn2)c(=O)[nH]1. The Morgan fingerprint density at radius 1 is 1.08 bits per heavy atom. The van der Waals surface area contributed by atoms with Crippen LogP contribution in [-0.4, -0.2) is 21.1 Å². The molecule has 7 nitrogen and oxygen atoms in total. The molecule has 26 heavy (non-hydrogen) atoms. The molecule has 0 atom stereocenters. The van der Waals surface area contributed by atoms with Crippen molar-refractivity contribution in [2.24, 2.45) is 0 Å². The summed E-state index contributed by atoms with van der Waals surface area (Å²) < 4.78 is 0. The van der Waals surface area contributed by atoms with Gasteiger partial charge in [0.1, 0.15) is 5.82 Å². The summed E-state index contributed by atoms with van der Waals surface area (Å²) in [5, 5.41) is 13.7. The molecule has 132 valence electrons. The highest BCUT2D eigenvalue weighted by Gasteiger charge is 2.09. The maximum atomic E-state index is 12.1. The standard InChI is InChI=1S/C19H19N5O2/c1-12-10-13(2)21-18(25)15(12)11-20-17-9-8-16(23-24-17)19(26)22-14-6-4-3-5-7-14/h3-10H,11H2,1-2H3,(H,20,24)(H,21,25)(H,22,26). The van der Waals surface area contributed by atoms with Gasteiger partial charge in [-0.3, -0.25) is 9.59 Å². The summed E-state index contributed by atoms with van der Waals surface area (Å²) >= 11 is 0. The lowest BCUT2D eigenvalue weighted by Crippen LogP contribution is -2.19. The summed E-state index contributed by atoms with van der Waals surface area (Å²) in [5.41, 5.74) is 3.15. The van der Waals surface area contributed by atoms with Crippen LogP contribution in [0.15, 0.2) is 53.3 Å². The Morgan fingerprint density at radius 2 is 1.85 bits per heavy atom. The second-order valence-electron chi connectivity index (χ2n) is 5.92. The van der Waals surface area contributed by atoms with Crippen LogP contribution < -0.4 is 16.2 Å². The van der Waals surface area contributed by atoms with Crippen molar-refractivity contribution in [1.82, 2.24) is 15.2 Å². The number of H-pyrrole nitrogens is 1. The lowest BCUT2D eigenvalue weighted by molar-refractivity contribution is 0.102. The third kappa shape index (κ3) is 4.13. The minimum atomic E-state index is -0.332. The molecule has 3 rings (SSSR count). The van der Waals surface area contributed by atoms with Crippen molar-refractivity contribution in [3.8, 4) is 0 Å². The minimum Gasteiger partial charge on any atom is -0.364 e. The van der Waals surface area contributed by atoms with Crippen LogP contribution in [0.5, 0.6) is 0 Å². The minimum absolute atomic E-state index is 0.123. The van der Waals surface area contributed by atoms with Crippen LogP contribution in [0.3, 0.4) is 0 Å². The predicted molar refractivity (Wildman–Crippen MR) is 100 cm³/mol. The Labute approximate surface area is 150 Å². The average molecular weight is 349 g/mol. The van der Waals surface area contributed by atoms with Crippen molar-refractivity contribution in [3.05, 3.63) is 81.4 Å². The van der Waals surface area contributed by atoms with Crippen LogP contribution in [0.25, 0.3) is 0 Å². The number of hydrogen-bond acceptors (Lipinski definition) is 5. The molecular formula is C19H19N5O2. The highest BCUT2D eigenvalue weighted by molar-refractivity contribution is 6.02. The van der Waals surface area contributed by atoms with E-state index in [1.165, 1.54) is 0 Å². The highest BCUT2D eigenvalue weighted by atomic mass is 16.2. The van der Waals surface area contributed by atoms with E-state index in [0.717, 1.165) is 11.3 Å². The highest BCUT2D eigenvalue weighted by Crippen LogP contribution is 2.10. The topological polar surface area (TPSA) is 99.8 Å². The van der Waals surface area contributed by atoms with Crippen LogP contribution >= 0.6 is 0 Å². The molecule has 2 aromatic heterocycles. The van der Waals surface area contributed by atoms with Gasteiger partial charge in [-0.25, -0.2) is 0 Å². The number of nitrogens with one attached hydrogen (secondary N) is 3. The second kappa shape index (κ2) is 7.60. The largest absolute Gasteiger partial charge is 0.364 e. The number of rotatable bonds is 5. The summed E-state index contributed by atoms with van der Waals surface area (Å²) in [6.45, 7) is 4.06. The number of amides is 1. The monoisotopic (exact) mass is 349 g/mol. The number of benzene rings is 1. The van der Waals surface area contributed by atoms with E-state index in [2.05, 4.69) is 25.8 Å². The van der Waals surface area contributed by atoms with E-state index in [-0.39, 0.29) is 17.2 Å². The predicted octanol–water partition coefficient (Wildman–Crippen LogP) is 2.65. The lowest BCUT2D eigenvalue weighted by atomic mass is 10.1. The molecular weight excluding hydrogens is 330 g/mol. The molecule has 3 N–H and O–H groups in total. The average Bonchev–Trinajstić information content (AvgIpc) is 2.62. The summed E-state index contributed by atoms with van der Waals surface area (Å²) in [6.07, 6.45) is 0. The third-order valence-corrected chi connectivity index (χ3v) is 3.87. The molecule has 0 saturated heterocycles. The quantitative estimate of drug-likeness (QED) is 0.657. The molecule has 0 bridgehead atoms. The van der Waals surface area contributed by atoms with Crippen molar-refractivity contribution < 1.29 is 4.79 Å². The fraction of sp³-hybridized carbons (Fsp3) is 0.158. The lowest BCUT2D eigenvalue weighted by Gasteiger charge is -2.08. The first kappa shape index (κ1) is 17.3. The van der Waals surface area contributed by atoms with E-state index in [0.29, 0.717) is 23.6 Å². The molecule has 7 heteroatoms. The Kier molecular flexibility index (Phi) is 5.07. The van der Waals surface area contributed by atoms with Crippen molar-refractivity contribution in [2.75, 3.05) is 10.6 Å². The van der Waals surface area contributed by atoms with Gasteiger partial charge in [-0.15, -0.1) is 10.2 Å². The fourth-order valence-electron chi connectivity index (χ4n) is 2.54. The number of anilines is 2. The molecule has 0 saturated carbocycles. The number of para-hydroxylation sites is 1. The maximum absolute atomic E-state index is 12.1. The van der Waals surface area contributed by atoms with Crippen LogP contribution in [0, 0.1) is 13.8 Å². The molecule has 1 amide bonds. The van der Waals surface area contributed by atoms with Crippen LogP contribution in [0.1, 0.15) is 27.3 Å². The molecule has 0 aliphatic heterocycles. The Hall–Kier alpha value is -3.48. The first-order valence-electron chi connectivity index (χ1n) is 8.16. The maximum Gasteiger partial charge on any atom is 0.276 e. The van der Waals surface area contributed by atoms with E-state index >= 15 is 0 Å². The smallest absolute Gasteiger partial charge is 0.276 e. The molecule has 0 fully saturated rings. The zero-order valence-electron chi connectivity index (χ0n) is 14.5. The van der Waals surface area contributed by atoms with Gasteiger partial charge in [0.05, 0.1) is 0 Å². The van der Waals surface area contributed by atoms with Gasteiger partial charge in [0.2, 0.25) is 0 Å². The van der Waals surface area contributed by atoms with E-state index in [1.807, 2.05) is 38.1 Å². The third-order valence-electron chi connectivity index (χ3n) is 3.87. The number of aromatic nitrogens is 3. The Balaban J connectivity index is 1.65. The number of pyridine rings is 1. The number of aromatic amines is 1. The summed E-state index contributed by atoms with van der Waals surface area (Å²) in [6, 6.07) is 14.3. The summed E-state index contributed by atoms with van der Waals surface area (Å²) in [7, 11) is 0. The molecule has 0 spiro atoms. The molecule has 0 aliphatic carbocycles. The van der Waals surface area contributed by atoms with Crippen molar-refractivity contribution in [2.45, 2.75) is 20.4 Å². The van der Waals surface area contributed by atoms with Gasteiger partial charge in [0.15, 0.2) is 5.69 Å². The zero-order valence-corrected chi connectivity index (χ0v) is 14.5. The first-order chi connectivity index (χ1) is 12.5. The molecule has 0 unspecified atom stereocenters. The van der Waals surface area contributed by atoms with E-state index < -0.39 is 0 Å². The van der Waals surface area contributed by atoms with Crippen LogP contribution in [0.4, 0.5) is 11.5 Å². The molecule has 1 aromatic carbocycles. The van der Waals surface area contributed by atoms with E-state index in [9.17, 15) is 9.59 Å². The number of carbonyl (C=O) groups excluding carboxylic acids is 1. The number of carbonyl (C=O) groups is 1.